The highest BCUT2D eigenvalue weighted by molar-refractivity contribution is 7.91. The van der Waals surface area contributed by atoms with Crippen LogP contribution in [-0.2, 0) is 14.6 Å². The Hall–Kier alpha value is -0.400. The molecule has 2 aliphatic heterocycles. The molecule has 3 fully saturated rings. The Morgan fingerprint density at radius 3 is 2.52 bits per heavy atom. The zero-order chi connectivity index (χ0) is 16.3. The molecule has 1 N–H and O–H groups in total. The van der Waals surface area contributed by atoms with Crippen LogP contribution in [0.2, 0.25) is 0 Å². The van der Waals surface area contributed by atoms with Crippen molar-refractivity contribution in [2.45, 2.75) is 69.6 Å². The average molecular weight is 361 g/mol. The van der Waals surface area contributed by atoms with E-state index < -0.39 is 9.84 Å². The van der Waals surface area contributed by atoms with Crippen LogP contribution < -0.4 is 5.32 Å². The van der Waals surface area contributed by atoms with Gasteiger partial charge in [0, 0.05) is 25.2 Å². The second-order valence-corrected chi connectivity index (χ2v) is 9.74. The predicted octanol–water partition coefficient (Wildman–Crippen LogP) is 1.86. The molecule has 5 nitrogen and oxygen atoms in total. The van der Waals surface area contributed by atoms with Gasteiger partial charge in [0.05, 0.1) is 17.6 Å². The summed E-state index contributed by atoms with van der Waals surface area (Å²) >= 11 is 5.67. The molecule has 1 aliphatic carbocycles. The van der Waals surface area contributed by atoms with Crippen LogP contribution in [0.4, 0.5) is 0 Å². The number of nitrogens with zero attached hydrogens (tertiary/aromatic N) is 1. The van der Waals surface area contributed by atoms with E-state index in [1.807, 2.05) is 0 Å². The lowest BCUT2D eigenvalue weighted by atomic mass is 9.96. The summed E-state index contributed by atoms with van der Waals surface area (Å²) in [6, 6.07) is 0.453. The Morgan fingerprint density at radius 1 is 1.13 bits per heavy atom. The van der Waals surface area contributed by atoms with E-state index in [4.69, 9.17) is 17.0 Å². The van der Waals surface area contributed by atoms with Crippen molar-refractivity contribution >= 4 is 27.2 Å². The monoisotopic (exact) mass is 360 g/mol. The maximum atomic E-state index is 11.9. The molecule has 23 heavy (non-hydrogen) atoms. The number of sulfone groups is 1. The smallest absolute Gasteiger partial charge is 0.169 e. The van der Waals surface area contributed by atoms with Crippen LogP contribution in [0.15, 0.2) is 0 Å². The highest BCUT2D eigenvalue weighted by Gasteiger charge is 2.35. The molecule has 0 amide bonds. The van der Waals surface area contributed by atoms with E-state index in [0.717, 1.165) is 43.9 Å². The Morgan fingerprint density at radius 2 is 1.91 bits per heavy atom. The zero-order valence-corrected chi connectivity index (χ0v) is 15.3. The summed E-state index contributed by atoms with van der Waals surface area (Å²) < 4.78 is 29.5. The summed E-state index contributed by atoms with van der Waals surface area (Å²) in [4.78, 5) is 2.12. The first-order valence-electron chi connectivity index (χ1n) is 8.93. The van der Waals surface area contributed by atoms with E-state index in [-0.39, 0.29) is 23.7 Å². The Labute approximate surface area is 145 Å². The van der Waals surface area contributed by atoms with Crippen LogP contribution in [0.5, 0.6) is 0 Å². The summed E-state index contributed by atoms with van der Waals surface area (Å²) in [5.41, 5.74) is 0. The van der Waals surface area contributed by atoms with Crippen molar-refractivity contribution in [1.82, 2.24) is 10.2 Å². The fourth-order valence-corrected chi connectivity index (χ4v) is 6.05. The normalized spacial score (nSPS) is 31.1. The van der Waals surface area contributed by atoms with Crippen molar-refractivity contribution in [2.75, 3.05) is 24.7 Å². The molecule has 2 heterocycles. The van der Waals surface area contributed by atoms with Crippen molar-refractivity contribution < 1.29 is 13.2 Å². The molecule has 0 aromatic heterocycles. The summed E-state index contributed by atoms with van der Waals surface area (Å²) in [5, 5.41) is 4.24. The van der Waals surface area contributed by atoms with E-state index in [2.05, 4.69) is 10.2 Å². The summed E-state index contributed by atoms with van der Waals surface area (Å²) in [5.74, 6) is 0.512. The van der Waals surface area contributed by atoms with Crippen LogP contribution in [0.25, 0.3) is 0 Å². The second kappa shape index (κ2) is 7.66. The van der Waals surface area contributed by atoms with E-state index in [9.17, 15) is 8.42 Å². The number of ether oxygens (including phenoxy) is 1. The number of hydrogen-bond acceptors (Lipinski definition) is 4. The lowest BCUT2D eigenvalue weighted by molar-refractivity contribution is 0.0838. The van der Waals surface area contributed by atoms with Crippen molar-refractivity contribution in [3.8, 4) is 0 Å². The topological polar surface area (TPSA) is 58.6 Å². The zero-order valence-electron chi connectivity index (χ0n) is 13.7. The quantitative estimate of drug-likeness (QED) is 0.773. The fraction of sp³-hybridized carbons (Fsp3) is 0.938. The molecule has 3 rings (SSSR count). The Bertz CT molecular complexity index is 511. The maximum absolute atomic E-state index is 11.9. The van der Waals surface area contributed by atoms with Gasteiger partial charge < -0.3 is 15.0 Å². The van der Waals surface area contributed by atoms with Gasteiger partial charge in [0.1, 0.15) is 0 Å². The van der Waals surface area contributed by atoms with E-state index in [1.54, 1.807) is 0 Å². The van der Waals surface area contributed by atoms with Crippen molar-refractivity contribution in [3.63, 3.8) is 0 Å². The number of rotatable bonds is 4. The second-order valence-electron chi connectivity index (χ2n) is 7.13. The minimum Gasteiger partial charge on any atom is -0.376 e. The molecule has 2 saturated heterocycles. The molecular weight excluding hydrogens is 332 g/mol. The number of hydrogen-bond donors (Lipinski definition) is 1. The van der Waals surface area contributed by atoms with Gasteiger partial charge in [-0.1, -0.05) is 19.3 Å². The van der Waals surface area contributed by atoms with Gasteiger partial charge >= 0.3 is 0 Å². The van der Waals surface area contributed by atoms with Crippen LogP contribution in [-0.4, -0.2) is 61.3 Å². The van der Waals surface area contributed by atoms with E-state index >= 15 is 0 Å². The third-order valence-corrected chi connectivity index (χ3v) is 7.37. The highest BCUT2D eigenvalue weighted by atomic mass is 32.2. The molecule has 2 atom stereocenters. The molecule has 132 valence electrons. The van der Waals surface area contributed by atoms with Crippen molar-refractivity contribution in [3.05, 3.63) is 0 Å². The first kappa shape index (κ1) is 17.4. The summed E-state index contributed by atoms with van der Waals surface area (Å²) in [6.07, 6.45) is 9.14. The van der Waals surface area contributed by atoms with Crippen LogP contribution >= 0.6 is 12.2 Å². The molecule has 0 radical (unpaired) electrons. The summed E-state index contributed by atoms with van der Waals surface area (Å²) in [6.45, 7) is 1.53. The van der Waals surface area contributed by atoms with Crippen molar-refractivity contribution in [1.29, 1.82) is 0 Å². The van der Waals surface area contributed by atoms with Gasteiger partial charge in [-0.05, 0) is 44.3 Å². The fourth-order valence-electron chi connectivity index (χ4n) is 3.93. The average Bonchev–Trinajstić information content (AvgIpc) is 3.15. The molecule has 0 unspecified atom stereocenters. The Kier molecular flexibility index (Phi) is 5.80. The van der Waals surface area contributed by atoms with Gasteiger partial charge in [0.2, 0.25) is 0 Å². The van der Waals surface area contributed by atoms with E-state index in [1.165, 1.54) is 19.3 Å². The van der Waals surface area contributed by atoms with E-state index in [0.29, 0.717) is 12.5 Å². The van der Waals surface area contributed by atoms with Crippen LogP contribution in [0, 0.1) is 0 Å². The van der Waals surface area contributed by atoms with Crippen molar-refractivity contribution in [2.24, 2.45) is 0 Å². The SMILES string of the molecule is O=S1(=O)CC[C@@H](N(C[C@H]2CCCO2)C(=S)NC2CCCCC2)C1. The van der Waals surface area contributed by atoms with Gasteiger partial charge in [-0.15, -0.1) is 0 Å². The molecule has 0 aromatic rings. The van der Waals surface area contributed by atoms with Gasteiger partial charge in [-0.2, -0.15) is 0 Å². The first-order valence-corrected chi connectivity index (χ1v) is 11.2. The third kappa shape index (κ3) is 4.79. The summed E-state index contributed by atoms with van der Waals surface area (Å²) in [7, 11) is -2.91. The largest absolute Gasteiger partial charge is 0.376 e. The minimum absolute atomic E-state index is 0.00721. The van der Waals surface area contributed by atoms with Gasteiger partial charge in [-0.25, -0.2) is 8.42 Å². The number of thiocarbonyl (C=S) groups is 1. The third-order valence-electron chi connectivity index (χ3n) is 5.27. The molecule has 3 aliphatic rings. The maximum Gasteiger partial charge on any atom is 0.169 e. The minimum atomic E-state index is -2.91. The highest BCUT2D eigenvalue weighted by Crippen LogP contribution is 2.23. The molecule has 0 bridgehead atoms. The molecule has 7 heteroatoms. The Balaban J connectivity index is 1.64. The number of nitrogens with one attached hydrogen (secondary N) is 1. The lowest BCUT2D eigenvalue weighted by Crippen LogP contribution is -2.52. The molecular formula is C16H28N2O3S2. The van der Waals surface area contributed by atoms with Gasteiger partial charge in [0.15, 0.2) is 14.9 Å². The first-order chi connectivity index (χ1) is 11.0. The standard InChI is InChI=1S/C16H28N2O3S2/c19-23(20)10-8-14(12-23)18(11-15-7-4-9-21-15)16(22)17-13-5-2-1-3-6-13/h13-15H,1-12H2,(H,17,22)/t14-,15-/m1/s1. The van der Waals surface area contributed by atoms with Crippen LogP contribution in [0.1, 0.15) is 51.4 Å². The van der Waals surface area contributed by atoms with Gasteiger partial charge in [-0.3, -0.25) is 0 Å². The molecule has 0 spiro atoms. The molecule has 1 saturated carbocycles. The van der Waals surface area contributed by atoms with Gasteiger partial charge in [0.25, 0.3) is 0 Å². The lowest BCUT2D eigenvalue weighted by Gasteiger charge is -2.35. The molecule has 0 aromatic carbocycles. The van der Waals surface area contributed by atoms with Crippen LogP contribution in [0.3, 0.4) is 0 Å². The predicted molar refractivity (Wildman–Crippen MR) is 95.3 cm³/mol.